The summed E-state index contributed by atoms with van der Waals surface area (Å²) in [6, 6.07) is 2.56. The van der Waals surface area contributed by atoms with Crippen LogP contribution in [-0.4, -0.2) is 19.9 Å². The van der Waals surface area contributed by atoms with Gasteiger partial charge in [-0.15, -0.1) is 21.5 Å². The standard InChI is InChI=1S/C11H12BrN3OS2/c12-8-3-4-17-9(8)6-18-11-14-13-10(5-16)15(11)7-1-2-7/h3-4,7,16H,1-2,5-6H2. The lowest BCUT2D eigenvalue weighted by Gasteiger charge is -2.06. The molecule has 0 saturated heterocycles. The average molecular weight is 346 g/mol. The van der Waals surface area contributed by atoms with Gasteiger partial charge in [0.1, 0.15) is 6.61 Å². The Labute approximate surface area is 122 Å². The van der Waals surface area contributed by atoms with Crippen molar-refractivity contribution in [2.45, 2.75) is 36.4 Å². The minimum absolute atomic E-state index is 0.0350. The van der Waals surface area contributed by atoms with Gasteiger partial charge in [-0.2, -0.15) is 0 Å². The second kappa shape index (κ2) is 5.32. The first-order valence-corrected chi connectivity index (χ1v) is 8.34. The van der Waals surface area contributed by atoms with Crippen molar-refractivity contribution in [3.8, 4) is 0 Å². The Hall–Kier alpha value is -0.370. The Balaban J connectivity index is 1.76. The predicted molar refractivity (Wildman–Crippen MR) is 75.8 cm³/mol. The van der Waals surface area contributed by atoms with E-state index >= 15 is 0 Å². The molecule has 4 nitrogen and oxygen atoms in total. The molecule has 0 aromatic carbocycles. The van der Waals surface area contributed by atoms with E-state index in [9.17, 15) is 5.11 Å². The van der Waals surface area contributed by atoms with Crippen LogP contribution in [0.2, 0.25) is 0 Å². The molecule has 1 N–H and O–H groups in total. The van der Waals surface area contributed by atoms with Crippen LogP contribution in [0.25, 0.3) is 0 Å². The molecule has 1 saturated carbocycles. The maximum Gasteiger partial charge on any atom is 0.191 e. The van der Waals surface area contributed by atoms with Gasteiger partial charge in [0.25, 0.3) is 0 Å². The van der Waals surface area contributed by atoms with Crippen LogP contribution in [0, 0.1) is 0 Å². The minimum atomic E-state index is -0.0350. The smallest absolute Gasteiger partial charge is 0.191 e. The molecule has 3 rings (SSSR count). The Morgan fingerprint density at radius 1 is 1.50 bits per heavy atom. The van der Waals surface area contributed by atoms with Crippen molar-refractivity contribution < 1.29 is 5.11 Å². The third kappa shape index (κ3) is 2.49. The number of thioether (sulfide) groups is 1. The van der Waals surface area contributed by atoms with Gasteiger partial charge in [0.2, 0.25) is 0 Å². The normalized spacial score (nSPS) is 15.2. The van der Waals surface area contributed by atoms with E-state index in [2.05, 4.69) is 42.1 Å². The summed E-state index contributed by atoms with van der Waals surface area (Å²) in [6.45, 7) is -0.0350. The second-order valence-corrected chi connectivity index (χ2v) is 6.94. The van der Waals surface area contributed by atoms with Crippen molar-refractivity contribution in [2.75, 3.05) is 0 Å². The van der Waals surface area contributed by atoms with E-state index < -0.39 is 0 Å². The Kier molecular flexibility index (Phi) is 3.74. The van der Waals surface area contributed by atoms with Crippen LogP contribution >= 0.6 is 39.0 Å². The number of aliphatic hydroxyl groups excluding tert-OH is 1. The Morgan fingerprint density at radius 3 is 2.94 bits per heavy atom. The number of halogens is 1. The highest BCUT2D eigenvalue weighted by Gasteiger charge is 2.29. The molecule has 0 atom stereocenters. The second-order valence-electron chi connectivity index (χ2n) is 4.14. The molecule has 18 heavy (non-hydrogen) atoms. The summed E-state index contributed by atoms with van der Waals surface area (Å²) in [5.41, 5.74) is 0. The maximum absolute atomic E-state index is 9.27. The zero-order valence-corrected chi connectivity index (χ0v) is 12.8. The number of aromatic nitrogens is 3. The molecule has 2 heterocycles. The van der Waals surface area contributed by atoms with Crippen molar-refractivity contribution in [2.24, 2.45) is 0 Å². The lowest BCUT2D eigenvalue weighted by Crippen LogP contribution is -2.02. The van der Waals surface area contributed by atoms with E-state index in [1.165, 1.54) is 17.7 Å². The highest BCUT2D eigenvalue weighted by Crippen LogP contribution is 2.39. The van der Waals surface area contributed by atoms with Gasteiger partial charge < -0.3 is 9.67 Å². The number of hydrogen-bond donors (Lipinski definition) is 1. The van der Waals surface area contributed by atoms with E-state index in [-0.39, 0.29) is 6.61 Å². The molecule has 0 amide bonds. The summed E-state index contributed by atoms with van der Waals surface area (Å²) >= 11 is 6.95. The zero-order chi connectivity index (χ0) is 12.5. The van der Waals surface area contributed by atoms with Crippen LogP contribution < -0.4 is 0 Å². The van der Waals surface area contributed by atoms with Crippen molar-refractivity contribution in [3.63, 3.8) is 0 Å². The van der Waals surface area contributed by atoms with Gasteiger partial charge in [-0.1, -0.05) is 11.8 Å². The summed E-state index contributed by atoms with van der Waals surface area (Å²) in [5, 5.41) is 20.5. The number of thiophene rings is 1. The molecule has 1 aliphatic rings. The number of rotatable bonds is 5. The van der Waals surface area contributed by atoms with Gasteiger partial charge in [0.05, 0.1) is 0 Å². The number of aliphatic hydroxyl groups is 1. The number of hydrogen-bond acceptors (Lipinski definition) is 5. The van der Waals surface area contributed by atoms with Gasteiger partial charge >= 0.3 is 0 Å². The molecule has 96 valence electrons. The van der Waals surface area contributed by atoms with Gasteiger partial charge in [-0.05, 0) is 40.2 Å². The van der Waals surface area contributed by atoms with Gasteiger partial charge in [-0.3, -0.25) is 0 Å². The average Bonchev–Trinajstić information content (AvgIpc) is 3.00. The van der Waals surface area contributed by atoms with Crippen molar-refractivity contribution >= 4 is 39.0 Å². The molecule has 2 aromatic heterocycles. The van der Waals surface area contributed by atoms with Crippen LogP contribution in [0.15, 0.2) is 21.1 Å². The molecular weight excluding hydrogens is 334 g/mol. The van der Waals surface area contributed by atoms with Crippen LogP contribution in [-0.2, 0) is 12.4 Å². The maximum atomic E-state index is 9.27. The molecular formula is C11H12BrN3OS2. The van der Waals surface area contributed by atoms with E-state index in [0.717, 1.165) is 15.4 Å². The number of nitrogens with zero attached hydrogens (tertiary/aromatic N) is 3. The summed E-state index contributed by atoms with van der Waals surface area (Å²) in [7, 11) is 0. The molecule has 0 unspecified atom stereocenters. The van der Waals surface area contributed by atoms with E-state index in [4.69, 9.17) is 0 Å². The van der Waals surface area contributed by atoms with E-state index in [0.29, 0.717) is 11.9 Å². The van der Waals surface area contributed by atoms with E-state index in [1.54, 1.807) is 23.1 Å². The largest absolute Gasteiger partial charge is 0.388 e. The molecule has 1 aliphatic carbocycles. The molecule has 7 heteroatoms. The fourth-order valence-electron chi connectivity index (χ4n) is 1.77. The highest BCUT2D eigenvalue weighted by molar-refractivity contribution is 9.10. The van der Waals surface area contributed by atoms with Crippen LogP contribution in [0.4, 0.5) is 0 Å². The summed E-state index contributed by atoms with van der Waals surface area (Å²) < 4.78 is 3.24. The van der Waals surface area contributed by atoms with Crippen LogP contribution in [0.3, 0.4) is 0 Å². The third-order valence-corrected chi connectivity index (χ3v) is 5.89. The lowest BCUT2D eigenvalue weighted by molar-refractivity contribution is 0.263. The SMILES string of the molecule is OCc1nnc(SCc2sccc2Br)n1C1CC1. The fraction of sp³-hybridized carbons (Fsp3) is 0.455. The van der Waals surface area contributed by atoms with Crippen molar-refractivity contribution in [1.29, 1.82) is 0 Å². The van der Waals surface area contributed by atoms with Gasteiger partial charge in [-0.25, -0.2) is 0 Å². The predicted octanol–water partition coefficient (Wildman–Crippen LogP) is 3.22. The molecule has 0 spiro atoms. The minimum Gasteiger partial charge on any atom is -0.388 e. The summed E-state index contributed by atoms with van der Waals surface area (Å²) in [5.74, 6) is 1.57. The summed E-state index contributed by atoms with van der Waals surface area (Å²) in [4.78, 5) is 1.30. The van der Waals surface area contributed by atoms with Crippen molar-refractivity contribution in [3.05, 3.63) is 26.6 Å². The van der Waals surface area contributed by atoms with Gasteiger partial charge in [0, 0.05) is 21.1 Å². The van der Waals surface area contributed by atoms with E-state index in [1.807, 2.05) is 0 Å². The van der Waals surface area contributed by atoms with Gasteiger partial charge in [0.15, 0.2) is 11.0 Å². The highest BCUT2D eigenvalue weighted by atomic mass is 79.9. The first-order valence-electron chi connectivity index (χ1n) is 5.69. The fourth-order valence-corrected chi connectivity index (χ4v) is 4.59. The Bertz CT molecular complexity index is 550. The Morgan fingerprint density at radius 2 is 2.33 bits per heavy atom. The molecule has 0 bridgehead atoms. The molecule has 0 radical (unpaired) electrons. The quantitative estimate of drug-likeness (QED) is 0.845. The third-order valence-electron chi connectivity index (χ3n) is 2.81. The monoisotopic (exact) mass is 345 g/mol. The molecule has 1 fully saturated rings. The lowest BCUT2D eigenvalue weighted by atomic mass is 10.5. The molecule has 2 aromatic rings. The first kappa shape index (κ1) is 12.7. The van der Waals surface area contributed by atoms with Crippen LogP contribution in [0.5, 0.6) is 0 Å². The van der Waals surface area contributed by atoms with Crippen LogP contribution in [0.1, 0.15) is 29.6 Å². The summed E-state index contributed by atoms with van der Waals surface area (Å²) in [6.07, 6.45) is 2.34. The topological polar surface area (TPSA) is 50.9 Å². The first-order chi connectivity index (χ1) is 8.79. The molecule has 0 aliphatic heterocycles. The zero-order valence-electron chi connectivity index (χ0n) is 9.54. The van der Waals surface area contributed by atoms with Crippen molar-refractivity contribution in [1.82, 2.24) is 14.8 Å².